The van der Waals surface area contributed by atoms with Gasteiger partial charge in [-0.3, -0.25) is 14.5 Å². The van der Waals surface area contributed by atoms with E-state index in [1.165, 1.54) is 11.8 Å². The minimum atomic E-state index is -0.0213. The van der Waals surface area contributed by atoms with Crippen molar-refractivity contribution in [3.8, 4) is 11.3 Å². The first kappa shape index (κ1) is 19.0. The minimum absolute atomic E-state index is 0.0213. The number of hydrogen-bond donors (Lipinski definition) is 1. The highest BCUT2D eigenvalue weighted by atomic mass is 32.2. The largest absolute Gasteiger partial charge is 0.326 e. The van der Waals surface area contributed by atoms with Crippen LogP contribution < -0.4 is 5.32 Å². The number of unbranched alkanes of at least 4 members (excludes halogenated alkanes) is 1. The summed E-state index contributed by atoms with van der Waals surface area (Å²) in [7, 11) is 0. The van der Waals surface area contributed by atoms with Crippen molar-refractivity contribution in [1.29, 1.82) is 0 Å². The van der Waals surface area contributed by atoms with Crippen LogP contribution in [0.3, 0.4) is 0 Å². The Hall–Kier alpha value is -1.77. The van der Waals surface area contributed by atoms with Gasteiger partial charge in [0.15, 0.2) is 0 Å². The highest BCUT2D eigenvalue weighted by molar-refractivity contribution is 8.23. The summed E-state index contributed by atoms with van der Waals surface area (Å²) in [6.07, 6.45) is 1.91. The summed E-state index contributed by atoms with van der Waals surface area (Å²) in [5, 5.41) is 5.97. The van der Waals surface area contributed by atoms with E-state index in [1.807, 2.05) is 36.6 Å². The Kier molecular flexibility index (Phi) is 6.39. The predicted molar refractivity (Wildman–Crippen MR) is 112 cm³/mol. The molecule has 1 N–H and O–H groups in total. The van der Waals surface area contributed by atoms with Crippen LogP contribution in [0.2, 0.25) is 0 Å². The fraction of sp³-hybridized carbons (Fsp3) is 0.333. The van der Waals surface area contributed by atoms with Crippen molar-refractivity contribution in [2.24, 2.45) is 0 Å². The van der Waals surface area contributed by atoms with Crippen LogP contribution in [0.15, 0.2) is 29.6 Å². The summed E-state index contributed by atoms with van der Waals surface area (Å²) in [5.41, 5.74) is 2.77. The number of thioether (sulfide) groups is 1. The van der Waals surface area contributed by atoms with Crippen LogP contribution in [0.25, 0.3) is 11.3 Å². The van der Waals surface area contributed by atoms with E-state index in [-0.39, 0.29) is 11.8 Å². The van der Waals surface area contributed by atoms with E-state index in [0.717, 1.165) is 34.8 Å². The number of carbonyl (C=O) groups excluding carboxylic acids is 2. The highest BCUT2D eigenvalue weighted by Gasteiger charge is 2.25. The monoisotopic (exact) mass is 405 g/mol. The molecule has 136 valence electrons. The van der Waals surface area contributed by atoms with E-state index in [0.29, 0.717) is 23.0 Å². The molecule has 0 radical (unpaired) electrons. The molecule has 0 bridgehead atoms. The van der Waals surface area contributed by atoms with Crippen molar-refractivity contribution in [2.45, 2.75) is 26.2 Å². The lowest BCUT2D eigenvalue weighted by Crippen LogP contribution is -2.29. The summed E-state index contributed by atoms with van der Waals surface area (Å²) in [5.74, 6) is 0.488. The number of anilines is 1. The molecule has 8 heteroatoms. The molecular formula is C18H19N3O2S3. The fourth-order valence-electron chi connectivity index (χ4n) is 2.60. The second-order valence-electron chi connectivity index (χ2n) is 5.93. The van der Waals surface area contributed by atoms with Gasteiger partial charge in [0.05, 0.1) is 16.5 Å². The van der Waals surface area contributed by atoms with Gasteiger partial charge in [-0.2, -0.15) is 0 Å². The Morgan fingerprint density at radius 1 is 1.31 bits per heavy atom. The fourth-order valence-corrected chi connectivity index (χ4v) is 4.34. The maximum Gasteiger partial charge on any atom is 0.238 e. The number of thiazole rings is 1. The van der Waals surface area contributed by atoms with E-state index >= 15 is 0 Å². The van der Waals surface area contributed by atoms with Crippen LogP contribution in [0.4, 0.5) is 5.69 Å². The molecule has 1 aromatic carbocycles. The normalized spacial score (nSPS) is 14.1. The lowest BCUT2D eigenvalue weighted by atomic mass is 10.1. The number of nitrogens with zero attached hydrogens (tertiary/aromatic N) is 2. The second-order valence-corrected chi connectivity index (χ2v) is 8.61. The van der Waals surface area contributed by atoms with Gasteiger partial charge >= 0.3 is 0 Å². The molecule has 0 atom stereocenters. The Morgan fingerprint density at radius 3 is 2.69 bits per heavy atom. The molecule has 0 aliphatic carbocycles. The third-order valence-corrected chi connectivity index (χ3v) is 6.17. The molecule has 1 aliphatic heterocycles. The Labute approximate surface area is 166 Å². The third-order valence-electron chi connectivity index (χ3n) is 3.96. The van der Waals surface area contributed by atoms with Gasteiger partial charge in [0.25, 0.3) is 0 Å². The van der Waals surface area contributed by atoms with E-state index < -0.39 is 0 Å². The first-order chi connectivity index (χ1) is 12.5. The summed E-state index contributed by atoms with van der Waals surface area (Å²) in [6.45, 7) is 2.58. The molecule has 2 amide bonds. The first-order valence-corrected chi connectivity index (χ1v) is 10.6. The number of hydrogen-bond acceptors (Lipinski definition) is 6. The summed E-state index contributed by atoms with van der Waals surface area (Å²) < 4.78 is 0.648. The Balaban J connectivity index is 1.42. The first-order valence-electron chi connectivity index (χ1n) is 8.32. The van der Waals surface area contributed by atoms with E-state index in [2.05, 4.69) is 10.3 Å². The minimum Gasteiger partial charge on any atom is -0.326 e. The van der Waals surface area contributed by atoms with Crippen molar-refractivity contribution in [3.05, 3.63) is 34.7 Å². The lowest BCUT2D eigenvalue weighted by Gasteiger charge is -2.14. The van der Waals surface area contributed by atoms with Crippen molar-refractivity contribution in [2.75, 3.05) is 17.6 Å². The number of aryl methyl sites for hydroxylation is 1. The van der Waals surface area contributed by atoms with Gasteiger partial charge < -0.3 is 5.32 Å². The zero-order chi connectivity index (χ0) is 18.5. The number of rotatable bonds is 7. The van der Waals surface area contributed by atoms with Gasteiger partial charge in [0.1, 0.15) is 4.32 Å². The molecule has 0 spiro atoms. The lowest BCUT2D eigenvalue weighted by molar-refractivity contribution is -0.124. The molecule has 1 aliphatic rings. The van der Waals surface area contributed by atoms with Gasteiger partial charge in [0, 0.05) is 29.6 Å². The summed E-state index contributed by atoms with van der Waals surface area (Å²) in [4.78, 5) is 29.8. The number of amides is 2. The molecule has 1 fully saturated rings. The summed E-state index contributed by atoms with van der Waals surface area (Å²) in [6, 6.07) is 7.70. The molecule has 2 heterocycles. The molecule has 0 saturated carbocycles. The maximum absolute atomic E-state index is 12.1. The van der Waals surface area contributed by atoms with Gasteiger partial charge in [-0.15, -0.1) is 11.3 Å². The zero-order valence-corrected chi connectivity index (χ0v) is 16.8. The maximum atomic E-state index is 12.1. The standard InChI is InChI=1S/C18H19N3O2S3/c1-12-19-15(10-25-12)13-5-7-14(8-6-13)20-16(22)4-2-3-9-21-17(23)11-26-18(21)24/h5-8,10H,2-4,9,11H2,1H3,(H,20,22). The molecule has 1 saturated heterocycles. The van der Waals surface area contributed by atoms with Crippen molar-refractivity contribution >= 4 is 57.1 Å². The van der Waals surface area contributed by atoms with Gasteiger partial charge in [-0.05, 0) is 31.9 Å². The topological polar surface area (TPSA) is 62.3 Å². The Morgan fingerprint density at radius 2 is 2.08 bits per heavy atom. The van der Waals surface area contributed by atoms with Crippen molar-refractivity contribution < 1.29 is 9.59 Å². The van der Waals surface area contributed by atoms with Crippen LogP contribution in [0.1, 0.15) is 24.3 Å². The van der Waals surface area contributed by atoms with Crippen LogP contribution in [0.5, 0.6) is 0 Å². The molecule has 0 unspecified atom stereocenters. The molecule has 3 rings (SSSR count). The van der Waals surface area contributed by atoms with Crippen LogP contribution in [-0.4, -0.2) is 38.3 Å². The third kappa shape index (κ3) is 4.90. The zero-order valence-electron chi connectivity index (χ0n) is 14.4. The summed E-state index contributed by atoms with van der Waals surface area (Å²) >= 11 is 8.16. The predicted octanol–water partition coefficient (Wildman–Crippen LogP) is 4.09. The smallest absolute Gasteiger partial charge is 0.238 e. The van der Waals surface area contributed by atoms with Crippen molar-refractivity contribution in [3.63, 3.8) is 0 Å². The SMILES string of the molecule is Cc1nc(-c2ccc(NC(=O)CCCCN3C(=O)CSC3=S)cc2)cs1. The van der Waals surface area contributed by atoms with E-state index in [1.54, 1.807) is 16.2 Å². The average Bonchev–Trinajstić information content (AvgIpc) is 3.19. The number of thiocarbonyl (C=S) groups is 1. The van der Waals surface area contributed by atoms with Crippen LogP contribution in [-0.2, 0) is 9.59 Å². The number of nitrogens with one attached hydrogen (secondary N) is 1. The number of carbonyl (C=O) groups is 2. The van der Waals surface area contributed by atoms with Gasteiger partial charge in [-0.1, -0.05) is 36.1 Å². The molecule has 5 nitrogen and oxygen atoms in total. The molecular weight excluding hydrogens is 386 g/mol. The molecule has 2 aromatic rings. The Bertz CT molecular complexity index is 801. The van der Waals surface area contributed by atoms with Gasteiger partial charge in [0.2, 0.25) is 11.8 Å². The highest BCUT2D eigenvalue weighted by Crippen LogP contribution is 2.23. The molecule has 26 heavy (non-hydrogen) atoms. The molecule has 1 aromatic heterocycles. The number of benzene rings is 1. The average molecular weight is 406 g/mol. The number of aromatic nitrogens is 1. The quantitative estimate of drug-likeness (QED) is 0.555. The second kappa shape index (κ2) is 8.75. The van der Waals surface area contributed by atoms with E-state index in [4.69, 9.17) is 12.2 Å². The van der Waals surface area contributed by atoms with Crippen molar-refractivity contribution in [1.82, 2.24) is 9.88 Å². The van der Waals surface area contributed by atoms with E-state index in [9.17, 15) is 9.59 Å². The van der Waals surface area contributed by atoms with Crippen LogP contribution >= 0.6 is 35.3 Å². The van der Waals surface area contributed by atoms with Crippen LogP contribution in [0, 0.1) is 6.92 Å². The van der Waals surface area contributed by atoms with Gasteiger partial charge in [-0.25, -0.2) is 4.98 Å².